The van der Waals surface area contributed by atoms with Gasteiger partial charge in [0.15, 0.2) is 0 Å². The maximum Gasteiger partial charge on any atom is 0.319 e. The second-order valence-corrected chi connectivity index (χ2v) is 4.72. The first kappa shape index (κ1) is 12.8. The van der Waals surface area contributed by atoms with Gasteiger partial charge in [0.25, 0.3) is 0 Å². The van der Waals surface area contributed by atoms with Crippen LogP contribution in [0.1, 0.15) is 24.8 Å². The minimum atomic E-state index is -0.493. The fourth-order valence-electron chi connectivity index (χ4n) is 1.70. The Hall–Kier alpha value is -1.69. The Morgan fingerprint density at radius 1 is 1.44 bits per heavy atom. The molecule has 0 unspecified atom stereocenters. The molecule has 18 heavy (non-hydrogen) atoms. The maximum absolute atomic E-state index is 13.3. The molecule has 1 aromatic rings. The predicted octanol–water partition coefficient (Wildman–Crippen LogP) is 2.13. The number of halogens is 1. The van der Waals surface area contributed by atoms with E-state index in [0.717, 1.165) is 19.3 Å². The highest BCUT2D eigenvalue weighted by molar-refractivity contribution is 7.80. The zero-order valence-electron chi connectivity index (χ0n) is 9.70. The van der Waals surface area contributed by atoms with Crippen molar-refractivity contribution in [2.75, 3.05) is 5.32 Å². The molecule has 4 nitrogen and oxygen atoms in total. The van der Waals surface area contributed by atoms with E-state index < -0.39 is 5.82 Å². The van der Waals surface area contributed by atoms with Gasteiger partial charge >= 0.3 is 6.03 Å². The van der Waals surface area contributed by atoms with Crippen molar-refractivity contribution >= 4 is 28.9 Å². The van der Waals surface area contributed by atoms with Crippen LogP contribution < -0.4 is 16.4 Å². The molecule has 0 aliphatic heterocycles. The van der Waals surface area contributed by atoms with Crippen LogP contribution in [-0.2, 0) is 0 Å². The van der Waals surface area contributed by atoms with Crippen LogP contribution in [-0.4, -0.2) is 17.1 Å². The van der Waals surface area contributed by atoms with Gasteiger partial charge in [0.2, 0.25) is 0 Å². The van der Waals surface area contributed by atoms with Crippen molar-refractivity contribution < 1.29 is 9.18 Å². The first-order valence-electron chi connectivity index (χ1n) is 5.73. The van der Waals surface area contributed by atoms with Gasteiger partial charge in [-0.05, 0) is 37.5 Å². The smallest absolute Gasteiger partial charge is 0.319 e. The number of anilines is 1. The average molecular weight is 267 g/mol. The fraction of sp³-hybridized carbons (Fsp3) is 0.333. The van der Waals surface area contributed by atoms with Gasteiger partial charge in [-0.15, -0.1) is 0 Å². The van der Waals surface area contributed by atoms with Crippen LogP contribution in [0, 0.1) is 5.82 Å². The van der Waals surface area contributed by atoms with Crippen LogP contribution in [0.5, 0.6) is 0 Å². The van der Waals surface area contributed by atoms with Gasteiger partial charge in [0.1, 0.15) is 10.8 Å². The molecular formula is C12H14FN3OS. The molecule has 0 bridgehead atoms. The summed E-state index contributed by atoms with van der Waals surface area (Å²) >= 11 is 4.73. The van der Waals surface area contributed by atoms with Crippen LogP contribution in [0.4, 0.5) is 14.9 Å². The lowest BCUT2D eigenvalue weighted by molar-refractivity contribution is 0.240. The number of nitrogens with one attached hydrogen (secondary N) is 2. The number of benzene rings is 1. The van der Waals surface area contributed by atoms with E-state index in [4.69, 9.17) is 18.0 Å². The van der Waals surface area contributed by atoms with E-state index in [1.165, 1.54) is 18.2 Å². The summed E-state index contributed by atoms with van der Waals surface area (Å²) < 4.78 is 13.3. The fourth-order valence-corrected chi connectivity index (χ4v) is 1.85. The Kier molecular flexibility index (Phi) is 3.76. The van der Waals surface area contributed by atoms with E-state index in [2.05, 4.69) is 10.6 Å². The van der Waals surface area contributed by atoms with Crippen molar-refractivity contribution in [2.24, 2.45) is 5.73 Å². The molecular weight excluding hydrogens is 253 g/mol. The van der Waals surface area contributed by atoms with E-state index in [9.17, 15) is 9.18 Å². The third-order valence-corrected chi connectivity index (χ3v) is 3.15. The van der Waals surface area contributed by atoms with Crippen LogP contribution in [0.2, 0.25) is 0 Å². The zero-order chi connectivity index (χ0) is 13.1. The second kappa shape index (κ2) is 5.30. The molecule has 1 saturated carbocycles. The molecule has 96 valence electrons. The topological polar surface area (TPSA) is 67.1 Å². The van der Waals surface area contributed by atoms with Crippen LogP contribution in [0.25, 0.3) is 0 Å². The third-order valence-electron chi connectivity index (χ3n) is 2.93. The van der Waals surface area contributed by atoms with Crippen molar-refractivity contribution in [3.63, 3.8) is 0 Å². The summed E-state index contributed by atoms with van der Waals surface area (Å²) in [4.78, 5) is 11.6. The molecule has 0 radical (unpaired) electrons. The normalized spacial score (nSPS) is 14.7. The summed E-state index contributed by atoms with van der Waals surface area (Å²) in [6.45, 7) is 0. The zero-order valence-corrected chi connectivity index (χ0v) is 10.5. The number of thiocarbonyl (C=S) groups is 1. The quantitative estimate of drug-likeness (QED) is 0.735. The Balaban J connectivity index is 2.02. The predicted molar refractivity (Wildman–Crippen MR) is 72.1 cm³/mol. The highest BCUT2D eigenvalue weighted by Crippen LogP contribution is 2.19. The number of hydrogen-bond acceptors (Lipinski definition) is 2. The molecule has 4 N–H and O–H groups in total. The summed E-state index contributed by atoms with van der Waals surface area (Å²) in [6.07, 6.45) is 3.16. The second-order valence-electron chi connectivity index (χ2n) is 4.29. The Labute approximate surface area is 110 Å². The van der Waals surface area contributed by atoms with E-state index >= 15 is 0 Å². The van der Waals surface area contributed by atoms with Crippen molar-refractivity contribution in [2.45, 2.75) is 25.3 Å². The number of rotatable bonds is 3. The first-order chi connectivity index (χ1) is 8.56. The SMILES string of the molecule is NC(=S)c1cc(NC(=O)NC2CCC2)ccc1F. The molecule has 2 amide bonds. The van der Waals surface area contributed by atoms with Gasteiger partial charge in [0.05, 0.1) is 0 Å². The van der Waals surface area contributed by atoms with Crippen LogP contribution in [0.15, 0.2) is 18.2 Å². The maximum atomic E-state index is 13.3. The number of hydrogen-bond donors (Lipinski definition) is 3. The Morgan fingerprint density at radius 2 is 2.17 bits per heavy atom. The molecule has 0 saturated heterocycles. The van der Waals surface area contributed by atoms with Gasteiger partial charge in [0, 0.05) is 17.3 Å². The molecule has 0 atom stereocenters. The molecule has 0 aromatic heterocycles. The standard InChI is InChI=1S/C12H14FN3OS/c13-10-5-4-8(6-9(10)11(14)18)16-12(17)15-7-2-1-3-7/h4-7H,1-3H2,(H2,14,18)(H2,15,16,17). The summed E-state index contributed by atoms with van der Waals surface area (Å²) in [5, 5.41) is 5.45. The molecule has 1 aliphatic carbocycles. The number of carbonyl (C=O) groups excluding carboxylic acids is 1. The van der Waals surface area contributed by atoms with Gasteiger partial charge < -0.3 is 16.4 Å². The van der Waals surface area contributed by atoms with E-state index in [0.29, 0.717) is 5.69 Å². The molecule has 6 heteroatoms. The number of nitrogens with two attached hydrogens (primary N) is 1. The first-order valence-corrected chi connectivity index (χ1v) is 6.14. The highest BCUT2D eigenvalue weighted by Gasteiger charge is 2.19. The summed E-state index contributed by atoms with van der Waals surface area (Å²) in [5.74, 6) is -0.493. The highest BCUT2D eigenvalue weighted by atomic mass is 32.1. The third kappa shape index (κ3) is 2.95. The molecule has 1 aromatic carbocycles. The molecule has 1 fully saturated rings. The van der Waals surface area contributed by atoms with Crippen LogP contribution in [0.3, 0.4) is 0 Å². The monoisotopic (exact) mass is 267 g/mol. The summed E-state index contributed by atoms with van der Waals surface area (Å²) in [6, 6.07) is 4.09. The van der Waals surface area contributed by atoms with E-state index in [-0.39, 0.29) is 22.6 Å². The number of carbonyl (C=O) groups is 1. The van der Waals surface area contributed by atoms with Crippen molar-refractivity contribution in [3.8, 4) is 0 Å². The lowest BCUT2D eigenvalue weighted by Gasteiger charge is -2.26. The van der Waals surface area contributed by atoms with E-state index in [1.54, 1.807) is 0 Å². The van der Waals surface area contributed by atoms with Crippen molar-refractivity contribution in [3.05, 3.63) is 29.6 Å². The van der Waals surface area contributed by atoms with Gasteiger partial charge in [-0.2, -0.15) is 0 Å². The Bertz CT molecular complexity index is 488. The molecule has 2 rings (SSSR count). The average Bonchev–Trinajstić information content (AvgIpc) is 2.26. The van der Waals surface area contributed by atoms with Gasteiger partial charge in [-0.3, -0.25) is 0 Å². The minimum absolute atomic E-state index is 0.0319. The van der Waals surface area contributed by atoms with Gasteiger partial charge in [-0.1, -0.05) is 12.2 Å². The summed E-state index contributed by atoms with van der Waals surface area (Å²) in [5.41, 5.74) is 5.99. The Morgan fingerprint density at radius 3 is 2.72 bits per heavy atom. The van der Waals surface area contributed by atoms with Crippen molar-refractivity contribution in [1.82, 2.24) is 5.32 Å². The lowest BCUT2D eigenvalue weighted by Crippen LogP contribution is -2.41. The number of urea groups is 1. The molecule has 0 spiro atoms. The molecule has 1 aliphatic rings. The van der Waals surface area contributed by atoms with Crippen molar-refractivity contribution in [1.29, 1.82) is 0 Å². The number of amides is 2. The molecule has 0 heterocycles. The summed E-state index contributed by atoms with van der Waals surface area (Å²) in [7, 11) is 0. The van der Waals surface area contributed by atoms with Crippen LogP contribution >= 0.6 is 12.2 Å². The van der Waals surface area contributed by atoms with Gasteiger partial charge in [-0.25, -0.2) is 9.18 Å². The lowest BCUT2D eigenvalue weighted by atomic mass is 9.93. The minimum Gasteiger partial charge on any atom is -0.389 e. The largest absolute Gasteiger partial charge is 0.389 e. The van der Waals surface area contributed by atoms with E-state index in [1.807, 2.05) is 0 Å².